The van der Waals surface area contributed by atoms with E-state index in [2.05, 4.69) is 10.3 Å². The first-order valence-corrected chi connectivity index (χ1v) is 9.07. The van der Waals surface area contributed by atoms with E-state index in [0.717, 1.165) is 16.9 Å². The van der Waals surface area contributed by atoms with E-state index in [4.69, 9.17) is 5.11 Å². The van der Waals surface area contributed by atoms with Gasteiger partial charge in [0, 0.05) is 42.6 Å². The fourth-order valence-electron chi connectivity index (χ4n) is 3.28. The third kappa shape index (κ3) is 3.65. The number of aromatic nitrogens is 2. The van der Waals surface area contributed by atoms with Crippen LogP contribution < -0.4 is 5.32 Å². The number of hydrogen-bond acceptors (Lipinski definition) is 4. The minimum absolute atomic E-state index is 0.158. The van der Waals surface area contributed by atoms with Crippen molar-refractivity contribution in [3.63, 3.8) is 0 Å². The number of nitrogens with zero attached hydrogens (tertiary/aromatic N) is 3. The van der Waals surface area contributed by atoms with Crippen LogP contribution in [0.1, 0.15) is 10.4 Å². The van der Waals surface area contributed by atoms with Crippen LogP contribution in [0.5, 0.6) is 0 Å². The molecule has 142 valence electrons. The second-order valence-electron chi connectivity index (χ2n) is 6.68. The molecule has 1 atom stereocenters. The molecule has 0 saturated carbocycles. The molecule has 28 heavy (non-hydrogen) atoms. The van der Waals surface area contributed by atoms with Crippen molar-refractivity contribution < 1.29 is 14.7 Å². The van der Waals surface area contributed by atoms with Crippen LogP contribution in [0, 0.1) is 0 Å². The number of imidazole rings is 1. The molecule has 7 heteroatoms. The highest BCUT2D eigenvalue weighted by atomic mass is 16.4. The SMILES string of the molecule is O=C(O)[C@@H]1CN(C(=O)c2ccc(-c3cn(-c4ccccc4)cn3)cc2)CCN1. The maximum atomic E-state index is 12.7. The van der Waals surface area contributed by atoms with Crippen LogP contribution in [0.3, 0.4) is 0 Å². The number of carbonyl (C=O) groups excluding carboxylic acids is 1. The van der Waals surface area contributed by atoms with Gasteiger partial charge in [0.15, 0.2) is 0 Å². The van der Waals surface area contributed by atoms with Crippen molar-refractivity contribution in [1.82, 2.24) is 19.8 Å². The lowest BCUT2D eigenvalue weighted by Gasteiger charge is -2.31. The Kier molecular flexibility index (Phi) is 4.90. The van der Waals surface area contributed by atoms with E-state index in [-0.39, 0.29) is 12.5 Å². The van der Waals surface area contributed by atoms with Crippen LogP contribution in [-0.4, -0.2) is 57.1 Å². The zero-order valence-corrected chi connectivity index (χ0v) is 15.2. The normalized spacial score (nSPS) is 16.7. The van der Waals surface area contributed by atoms with Gasteiger partial charge in [0.25, 0.3) is 5.91 Å². The van der Waals surface area contributed by atoms with Gasteiger partial charge in [-0.15, -0.1) is 0 Å². The average molecular weight is 376 g/mol. The second-order valence-corrected chi connectivity index (χ2v) is 6.68. The molecule has 0 aliphatic carbocycles. The summed E-state index contributed by atoms with van der Waals surface area (Å²) in [7, 11) is 0. The number of carboxylic acid groups (broad SMARTS) is 1. The molecule has 1 saturated heterocycles. The van der Waals surface area contributed by atoms with Gasteiger partial charge in [-0.3, -0.25) is 9.59 Å². The van der Waals surface area contributed by atoms with E-state index in [1.165, 1.54) is 0 Å². The summed E-state index contributed by atoms with van der Waals surface area (Å²) in [5.41, 5.74) is 3.29. The molecule has 2 aromatic carbocycles. The summed E-state index contributed by atoms with van der Waals surface area (Å²) in [6, 6.07) is 16.4. The van der Waals surface area contributed by atoms with Crippen molar-refractivity contribution in [2.45, 2.75) is 6.04 Å². The molecule has 1 fully saturated rings. The molecular weight excluding hydrogens is 356 g/mol. The summed E-state index contributed by atoms with van der Waals surface area (Å²) >= 11 is 0. The fraction of sp³-hybridized carbons (Fsp3) is 0.190. The first kappa shape index (κ1) is 17.9. The number of aliphatic carboxylic acids is 1. The van der Waals surface area contributed by atoms with Crippen LogP contribution in [0.15, 0.2) is 67.1 Å². The lowest BCUT2D eigenvalue weighted by molar-refractivity contribution is -0.140. The first-order valence-electron chi connectivity index (χ1n) is 9.07. The summed E-state index contributed by atoms with van der Waals surface area (Å²) in [4.78, 5) is 29.9. The molecule has 1 aliphatic heterocycles. The van der Waals surface area contributed by atoms with Crippen LogP contribution in [0.2, 0.25) is 0 Å². The largest absolute Gasteiger partial charge is 0.480 e. The first-order chi connectivity index (χ1) is 13.6. The molecule has 1 aliphatic rings. The Morgan fingerprint density at radius 2 is 1.82 bits per heavy atom. The van der Waals surface area contributed by atoms with Gasteiger partial charge in [0.1, 0.15) is 6.04 Å². The highest BCUT2D eigenvalue weighted by Gasteiger charge is 2.28. The van der Waals surface area contributed by atoms with Gasteiger partial charge in [0.05, 0.1) is 12.0 Å². The highest BCUT2D eigenvalue weighted by Crippen LogP contribution is 2.20. The van der Waals surface area contributed by atoms with E-state index in [9.17, 15) is 9.59 Å². The summed E-state index contributed by atoms with van der Waals surface area (Å²) in [5, 5.41) is 12.0. The maximum Gasteiger partial charge on any atom is 0.322 e. The van der Waals surface area contributed by atoms with Crippen molar-refractivity contribution in [3.05, 3.63) is 72.7 Å². The van der Waals surface area contributed by atoms with Crippen molar-refractivity contribution >= 4 is 11.9 Å². The van der Waals surface area contributed by atoms with Crippen molar-refractivity contribution in [2.75, 3.05) is 19.6 Å². The number of carbonyl (C=O) groups is 2. The van der Waals surface area contributed by atoms with E-state index in [1.54, 1.807) is 23.4 Å². The minimum atomic E-state index is -0.943. The molecule has 4 rings (SSSR count). The Bertz CT molecular complexity index is 982. The number of amides is 1. The number of nitrogens with one attached hydrogen (secondary N) is 1. The summed E-state index contributed by atoms with van der Waals surface area (Å²) in [6.07, 6.45) is 3.70. The number of carboxylic acids is 1. The molecule has 1 aromatic heterocycles. The van der Waals surface area contributed by atoms with Gasteiger partial charge in [-0.2, -0.15) is 0 Å². The van der Waals surface area contributed by atoms with Crippen LogP contribution in [0.4, 0.5) is 0 Å². The highest BCUT2D eigenvalue weighted by molar-refractivity contribution is 5.95. The topological polar surface area (TPSA) is 87.5 Å². The molecule has 0 radical (unpaired) electrons. The van der Waals surface area contributed by atoms with E-state index >= 15 is 0 Å². The van der Waals surface area contributed by atoms with Gasteiger partial charge in [-0.25, -0.2) is 4.98 Å². The molecule has 2 N–H and O–H groups in total. The zero-order chi connectivity index (χ0) is 19.5. The Labute approximate surface area is 162 Å². The van der Waals surface area contributed by atoms with E-state index in [1.807, 2.05) is 53.2 Å². The number of rotatable bonds is 4. The Morgan fingerprint density at radius 1 is 1.07 bits per heavy atom. The molecular formula is C21H20N4O3. The second kappa shape index (κ2) is 7.66. The van der Waals surface area contributed by atoms with Gasteiger partial charge < -0.3 is 19.9 Å². The van der Waals surface area contributed by atoms with Crippen molar-refractivity contribution in [3.8, 4) is 16.9 Å². The Balaban J connectivity index is 1.49. The molecule has 0 spiro atoms. The fourth-order valence-corrected chi connectivity index (χ4v) is 3.28. The number of hydrogen-bond donors (Lipinski definition) is 2. The molecule has 0 unspecified atom stereocenters. The third-order valence-corrected chi connectivity index (χ3v) is 4.83. The Hall–Kier alpha value is -3.45. The summed E-state index contributed by atoms with van der Waals surface area (Å²) < 4.78 is 1.95. The van der Waals surface area contributed by atoms with Gasteiger partial charge in [0.2, 0.25) is 0 Å². The average Bonchev–Trinajstić information content (AvgIpc) is 3.24. The third-order valence-electron chi connectivity index (χ3n) is 4.83. The van der Waals surface area contributed by atoms with Crippen LogP contribution >= 0.6 is 0 Å². The maximum absolute atomic E-state index is 12.7. The number of benzene rings is 2. The smallest absolute Gasteiger partial charge is 0.322 e. The number of piperazine rings is 1. The van der Waals surface area contributed by atoms with Gasteiger partial charge in [-0.1, -0.05) is 30.3 Å². The molecule has 2 heterocycles. The van der Waals surface area contributed by atoms with Gasteiger partial charge in [-0.05, 0) is 24.3 Å². The Morgan fingerprint density at radius 3 is 2.54 bits per heavy atom. The molecule has 7 nitrogen and oxygen atoms in total. The monoisotopic (exact) mass is 376 g/mol. The zero-order valence-electron chi connectivity index (χ0n) is 15.2. The van der Waals surface area contributed by atoms with E-state index < -0.39 is 12.0 Å². The quantitative estimate of drug-likeness (QED) is 0.728. The summed E-state index contributed by atoms with van der Waals surface area (Å²) in [6.45, 7) is 1.13. The number of para-hydroxylation sites is 1. The lowest BCUT2D eigenvalue weighted by atomic mass is 10.1. The van der Waals surface area contributed by atoms with Crippen molar-refractivity contribution in [2.24, 2.45) is 0 Å². The lowest BCUT2D eigenvalue weighted by Crippen LogP contribution is -2.55. The minimum Gasteiger partial charge on any atom is -0.480 e. The summed E-state index contributed by atoms with van der Waals surface area (Å²) in [5.74, 6) is -1.10. The van der Waals surface area contributed by atoms with Crippen molar-refractivity contribution in [1.29, 1.82) is 0 Å². The van der Waals surface area contributed by atoms with Crippen LogP contribution in [-0.2, 0) is 4.79 Å². The predicted molar refractivity (Wildman–Crippen MR) is 104 cm³/mol. The predicted octanol–water partition coefficient (Wildman–Crippen LogP) is 2.04. The van der Waals surface area contributed by atoms with E-state index in [0.29, 0.717) is 18.7 Å². The standard InChI is InChI=1S/C21H20N4O3/c26-20(24-11-10-22-19(13-24)21(27)28)16-8-6-15(7-9-16)18-12-25(14-23-18)17-4-2-1-3-5-17/h1-9,12,14,19,22H,10-11,13H2,(H,27,28)/t19-/m0/s1. The van der Waals surface area contributed by atoms with Gasteiger partial charge >= 0.3 is 5.97 Å². The molecule has 0 bridgehead atoms. The molecule has 3 aromatic rings. The van der Waals surface area contributed by atoms with Crippen LogP contribution in [0.25, 0.3) is 16.9 Å². The molecule has 1 amide bonds.